The molecule has 1 aliphatic rings. The summed E-state index contributed by atoms with van der Waals surface area (Å²) >= 11 is 5.84. The number of ether oxygens (including phenoxy) is 2. The summed E-state index contributed by atoms with van der Waals surface area (Å²) in [4.78, 5) is 24.5. The molecule has 24 heavy (non-hydrogen) atoms. The van der Waals surface area contributed by atoms with Crippen LogP contribution in [0.3, 0.4) is 0 Å². The Morgan fingerprint density at radius 1 is 1.04 bits per heavy atom. The van der Waals surface area contributed by atoms with E-state index in [9.17, 15) is 9.59 Å². The van der Waals surface area contributed by atoms with Gasteiger partial charge in [0.05, 0.1) is 0 Å². The summed E-state index contributed by atoms with van der Waals surface area (Å²) in [5.74, 6) is 2.25. The van der Waals surface area contributed by atoms with Gasteiger partial charge in [0.1, 0.15) is 18.5 Å². The van der Waals surface area contributed by atoms with Crippen LogP contribution in [-0.2, 0) is 11.3 Å². The van der Waals surface area contributed by atoms with Crippen molar-refractivity contribution in [3.8, 4) is 17.8 Å². The molecule has 0 N–H and O–H groups in total. The van der Waals surface area contributed by atoms with Gasteiger partial charge in [-0.25, -0.2) is 0 Å². The second-order valence-corrected chi connectivity index (χ2v) is 5.64. The Kier molecular flexibility index (Phi) is 4.54. The van der Waals surface area contributed by atoms with Gasteiger partial charge in [0.25, 0.3) is 0 Å². The predicted octanol–water partition coefficient (Wildman–Crippen LogP) is 3.66. The van der Waals surface area contributed by atoms with E-state index in [1.807, 2.05) is 12.1 Å². The van der Waals surface area contributed by atoms with Crippen LogP contribution in [0, 0.1) is 12.0 Å². The molecule has 0 heterocycles. The standard InChI is InChI=1S/C19H13ClO4/c1-2-9-23-19-17(21)15-8-7-14(10-16(15)18(19)22)24-11-12-3-5-13(20)6-4-12/h3-8,10,19H,11H2,1H3. The van der Waals surface area contributed by atoms with E-state index in [1.54, 1.807) is 37.3 Å². The average Bonchev–Trinajstić information content (AvgIpc) is 2.83. The minimum absolute atomic E-state index is 0.302. The van der Waals surface area contributed by atoms with Crippen LogP contribution in [-0.4, -0.2) is 17.7 Å². The molecule has 4 nitrogen and oxygen atoms in total. The first-order valence-corrected chi connectivity index (χ1v) is 7.65. The minimum atomic E-state index is -1.18. The van der Waals surface area contributed by atoms with Gasteiger partial charge in [0.15, 0.2) is 0 Å². The lowest BCUT2D eigenvalue weighted by Crippen LogP contribution is -2.23. The van der Waals surface area contributed by atoms with E-state index >= 15 is 0 Å². The second kappa shape index (κ2) is 6.77. The third-order valence-corrected chi connectivity index (χ3v) is 3.85. The number of rotatable bonds is 4. The van der Waals surface area contributed by atoms with Gasteiger partial charge in [-0.15, -0.1) is 0 Å². The summed E-state index contributed by atoms with van der Waals surface area (Å²) in [5.41, 5.74) is 1.58. The molecule has 5 heteroatoms. The van der Waals surface area contributed by atoms with Crippen LogP contribution in [0.2, 0.25) is 5.02 Å². The largest absolute Gasteiger partial charge is 0.489 e. The third-order valence-electron chi connectivity index (χ3n) is 3.60. The fourth-order valence-electron chi connectivity index (χ4n) is 2.41. The zero-order valence-corrected chi connectivity index (χ0v) is 13.6. The van der Waals surface area contributed by atoms with E-state index < -0.39 is 11.9 Å². The Hall–Kier alpha value is -2.77. The van der Waals surface area contributed by atoms with Gasteiger partial charge in [-0.2, -0.15) is 0 Å². The number of carbonyl (C=O) groups excluding carboxylic acids is 2. The number of ketones is 2. The highest BCUT2D eigenvalue weighted by Gasteiger charge is 2.40. The maximum Gasteiger partial charge on any atom is 0.235 e. The average molecular weight is 341 g/mol. The molecule has 0 bridgehead atoms. The zero-order valence-electron chi connectivity index (χ0n) is 12.8. The first kappa shape index (κ1) is 16.1. The highest BCUT2D eigenvalue weighted by atomic mass is 35.5. The van der Waals surface area contributed by atoms with Gasteiger partial charge >= 0.3 is 0 Å². The number of benzene rings is 2. The molecular weight excluding hydrogens is 328 g/mol. The van der Waals surface area contributed by atoms with Crippen LogP contribution in [0.25, 0.3) is 0 Å². The Bertz CT molecular complexity index is 859. The van der Waals surface area contributed by atoms with E-state index in [-0.39, 0.29) is 5.78 Å². The van der Waals surface area contributed by atoms with Crippen molar-refractivity contribution in [2.75, 3.05) is 0 Å². The summed E-state index contributed by atoms with van der Waals surface area (Å²) in [7, 11) is 0. The molecule has 3 rings (SSSR count). The summed E-state index contributed by atoms with van der Waals surface area (Å²) in [6.45, 7) is 1.90. The number of hydrogen-bond donors (Lipinski definition) is 0. The quantitative estimate of drug-likeness (QED) is 0.629. The Morgan fingerprint density at radius 3 is 2.46 bits per heavy atom. The first-order chi connectivity index (χ1) is 11.6. The van der Waals surface area contributed by atoms with E-state index in [0.29, 0.717) is 28.5 Å². The van der Waals surface area contributed by atoms with Crippen molar-refractivity contribution in [1.82, 2.24) is 0 Å². The summed E-state index contributed by atoms with van der Waals surface area (Å²) in [6, 6.07) is 12.1. The van der Waals surface area contributed by atoms with Crippen LogP contribution in [0.4, 0.5) is 0 Å². The molecule has 0 aromatic heterocycles. The SMILES string of the molecule is CC#COC1C(=O)c2ccc(OCc3ccc(Cl)cc3)cc2C1=O. The van der Waals surface area contributed by atoms with Crippen molar-refractivity contribution in [2.45, 2.75) is 19.6 Å². The van der Waals surface area contributed by atoms with Crippen LogP contribution in [0.5, 0.6) is 5.75 Å². The van der Waals surface area contributed by atoms with E-state index in [1.165, 1.54) is 0 Å². The van der Waals surface area contributed by atoms with Gasteiger partial charge < -0.3 is 9.47 Å². The number of fused-ring (bicyclic) bond motifs is 1. The number of Topliss-reactive ketones (excluding diaryl/α,β-unsaturated/α-hetero) is 2. The van der Waals surface area contributed by atoms with Crippen molar-refractivity contribution in [3.05, 3.63) is 64.2 Å². The van der Waals surface area contributed by atoms with Gasteiger partial charge in [0.2, 0.25) is 17.7 Å². The molecule has 0 amide bonds. The Balaban J connectivity index is 1.76. The van der Waals surface area contributed by atoms with Crippen LogP contribution >= 0.6 is 11.6 Å². The topological polar surface area (TPSA) is 52.6 Å². The van der Waals surface area contributed by atoms with Gasteiger partial charge in [0, 0.05) is 23.1 Å². The molecular formula is C19H13ClO4. The first-order valence-electron chi connectivity index (χ1n) is 7.27. The van der Waals surface area contributed by atoms with Gasteiger partial charge in [-0.05, 0) is 35.9 Å². The molecule has 0 radical (unpaired) electrons. The molecule has 2 aromatic carbocycles. The second-order valence-electron chi connectivity index (χ2n) is 5.20. The maximum atomic E-state index is 12.3. The van der Waals surface area contributed by atoms with Crippen molar-refractivity contribution in [3.63, 3.8) is 0 Å². The molecule has 1 unspecified atom stereocenters. The summed E-state index contributed by atoms with van der Waals surface area (Å²) in [6.07, 6.45) is 1.14. The number of hydrogen-bond acceptors (Lipinski definition) is 4. The van der Waals surface area contributed by atoms with Crippen molar-refractivity contribution >= 4 is 23.2 Å². The lowest BCUT2D eigenvalue weighted by atomic mass is 10.1. The van der Waals surface area contributed by atoms with Gasteiger partial charge in [-0.1, -0.05) is 29.7 Å². The molecule has 120 valence electrons. The number of halogens is 1. The van der Waals surface area contributed by atoms with E-state index in [0.717, 1.165) is 5.56 Å². The molecule has 0 saturated heterocycles. The minimum Gasteiger partial charge on any atom is -0.489 e. The molecule has 1 aliphatic carbocycles. The lowest BCUT2D eigenvalue weighted by molar-refractivity contribution is 0.0659. The molecule has 0 fully saturated rings. The molecule has 0 saturated carbocycles. The summed E-state index contributed by atoms with van der Waals surface area (Å²) < 4.78 is 10.7. The molecule has 2 aromatic rings. The maximum absolute atomic E-state index is 12.3. The Morgan fingerprint density at radius 2 is 1.75 bits per heavy atom. The van der Waals surface area contributed by atoms with E-state index in [4.69, 9.17) is 21.1 Å². The number of carbonyl (C=O) groups is 2. The zero-order chi connectivity index (χ0) is 17.1. The fraction of sp³-hybridized carbons (Fsp3) is 0.158. The lowest BCUT2D eigenvalue weighted by Gasteiger charge is -2.07. The van der Waals surface area contributed by atoms with Crippen LogP contribution < -0.4 is 4.74 Å². The van der Waals surface area contributed by atoms with Crippen molar-refractivity contribution < 1.29 is 19.1 Å². The Labute approximate surface area is 144 Å². The van der Waals surface area contributed by atoms with Crippen molar-refractivity contribution in [1.29, 1.82) is 0 Å². The summed E-state index contributed by atoms with van der Waals surface area (Å²) in [5, 5.41) is 0.654. The monoisotopic (exact) mass is 340 g/mol. The van der Waals surface area contributed by atoms with E-state index in [2.05, 4.69) is 12.0 Å². The van der Waals surface area contributed by atoms with Crippen LogP contribution in [0.15, 0.2) is 42.5 Å². The fourth-order valence-corrected chi connectivity index (χ4v) is 2.53. The van der Waals surface area contributed by atoms with Gasteiger partial charge in [-0.3, -0.25) is 9.59 Å². The van der Waals surface area contributed by atoms with Crippen molar-refractivity contribution in [2.24, 2.45) is 0 Å². The highest BCUT2D eigenvalue weighted by molar-refractivity contribution is 6.30. The third kappa shape index (κ3) is 3.12. The molecule has 0 aliphatic heterocycles. The highest BCUT2D eigenvalue weighted by Crippen LogP contribution is 2.28. The normalized spacial score (nSPS) is 15.5. The smallest absolute Gasteiger partial charge is 0.235 e. The predicted molar refractivity (Wildman–Crippen MR) is 89.2 cm³/mol. The molecule has 0 spiro atoms. The van der Waals surface area contributed by atoms with Crippen LogP contribution in [0.1, 0.15) is 33.2 Å². The molecule has 1 atom stereocenters.